The normalized spacial score (nSPS) is 10.4. The van der Waals surface area contributed by atoms with E-state index in [-0.39, 0.29) is 24.1 Å². The van der Waals surface area contributed by atoms with Crippen LogP contribution in [0.2, 0.25) is 10.0 Å². The molecule has 0 saturated heterocycles. The van der Waals surface area contributed by atoms with Gasteiger partial charge in [0, 0.05) is 26.6 Å². The molecule has 1 aromatic carbocycles. The molecule has 2 aromatic rings. The first-order valence-electron chi connectivity index (χ1n) is 7.30. The van der Waals surface area contributed by atoms with Gasteiger partial charge in [0.25, 0.3) is 5.91 Å². The number of benzene rings is 1. The molecular formula is C15H20Cl3N5O. The van der Waals surface area contributed by atoms with Gasteiger partial charge < -0.3 is 10.2 Å². The van der Waals surface area contributed by atoms with Crippen molar-refractivity contribution in [1.82, 2.24) is 25.0 Å². The summed E-state index contributed by atoms with van der Waals surface area (Å²) in [6, 6.07) is 5.21. The van der Waals surface area contributed by atoms with Crippen LogP contribution in [0.4, 0.5) is 0 Å². The molecule has 132 valence electrons. The van der Waals surface area contributed by atoms with Gasteiger partial charge in [0.2, 0.25) is 5.82 Å². The van der Waals surface area contributed by atoms with Crippen LogP contribution in [0.25, 0.3) is 5.69 Å². The largest absolute Gasteiger partial charge is 0.338 e. The van der Waals surface area contributed by atoms with Crippen molar-refractivity contribution in [2.75, 3.05) is 27.2 Å². The summed E-state index contributed by atoms with van der Waals surface area (Å²) in [4.78, 5) is 18.3. The van der Waals surface area contributed by atoms with Crippen molar-refractivity contribution < 1.29 is 4.79 Å². The third kappa shape index (κ3) is 4.39. The summed E-state index contributed by atoms with van der Waals surface area (Å²) in [6.07, 6.45) is 0.599. The monoisotopic (exact) mass is 391 g/mol. The van der Waals surface area contributed by atoms with E-state index in [1.54, 1.807) is 34.8 Å². The molecule has 1 aromatic heterocycles. The average Bonchev–Trinajstić information content (AvgIpc) is 2.95. The van der Waals surface area contributed by atoms with Gasteiger partial charge in [0.15, 0.2) is 0 Å². The molecule has 1 amide bonds. The Bertz CT molecular complexity index is 684. The third-order valence-corrected chi connectivity index (χ3v) is 3.98. The highest BCUT2D eigenvalue weighted by Crippen LogP contribution is 2.28. The van der Waals surface area contributed by atoms with Gasteiger partial charge in [-0.15, -0.1) is 17.5 Å². The first-order chi connectivity index (χ1) is 11.0. The molecular weight excluding hydrogens is 373 g/mol. The molecule has 2 rings (SSSR count). The molecule has 0 spiro atoms. The highest BCUT2D eigenvalue weighted by Gasteiger charge is 2.21. The second-order valence-corrected chi connectivity index (χ2v) is 5.83. The SMILES string of the molecule is CCc1nc(C(=O)N(C)CCNC)nn1-c1c(Cl)cccc1Cl.Cl. The summed E-state index contributed by atoms with van der Waals surface area (Å²) < 4.78 is 1.55. The number of rotatable bonds is 6. The lowest BCUT2D eigenvalue weighted by molar-refractivity contribution is 0.0785. The second-order valence-electron chi connectivity index (χ2n) is 5.02. The van der Waals surface area contributed by atoms with Gasteiger partial charge in [-0.25, -0.2) is 9.67 Å². The Labute approximate surface area is 157 Å². The fourth-order valence-electron chi connectivity index (χ4n) is 2.09. The van der Waals surface area contributed by atoms with E-state index in [4.69, 9.17) is 23.2 Å². The molecule has 6 nitrogen and oxygen atoms in total. The zero-order valence-electron chi connectivity index (χ0n) is 13.7. The predicted octanol–water partition coefficient (Wildman–Crippen LogP) is 2.85. The highest BCUT2D eigenvalue weighted by molar-refractivity contribution is 6.37. The fourth-order valence-corrected chi connectivity index (χ4v) is 2.64. The quantitative estimate of drug-likeness (QED) is 0.821. The minimum absolute atomic E-state index is 0. The van der Waals surface area contributed by atoms with E-state index in [2.05, 4.69) is 15.4 Å². The van der Waals surface area contributed by atoms with E-state index in [0.29, 0.717) is 41.1 Å². The van der Waals surface area contributed by atoms with Crippen molar-refractivity contribution in [2.24, 2.45) is 0 Å². The first-order valence-corrected chi connectivity index (χ1v) is 8.05. The summed E-state index contributed by atoms with van der Waals surface area (Å²) in [5.41, 5.74) is 0.539. The Kier molecular flexibility index (Phi) is 7.96. The standard InChI is InChI=1S/C15H19Cl2N5O.ClH/c1-4-12-19-14(15(23)21(3)9-8-18-2)20-22(12)13-10(16)6-5-7-11(13)17;/h5-7,18H,4,8-9H2,1-3H3;1H. The van der Waals surface area contributed by atoms with E-state index < -0.39 is 0 Å². The molecule has 24 heavy (non-hydrogen) atoms. The van der Waals surface area contributed by atoms with Crippen LogP contribution in [0.15, 0.2) is 18.2 Å². The van der Waals surface area contributed by atoms with Crippen molar-refractivity contribution in [2.45, 2.75) is 13.3 Å². The van der Waals surface area contributed by atoms with Crippen molar-refractivity contribution in [3.05, 3.63) is 39.9 Å². The lowest BCUT2D eigenvalue weighted by atomic mass is 10.3. The van der Waals surface area contributed by atoms with Crippen LogP contribution in [0.5, 0.6) is 0 Å². The lowest BCUT2D eigenvalue weighted by Gasteiger charge is -2.14. The van der Waals surface area contributed by atoms with Crippen molar-refractivity contribution in [3.8, 4) is 5.69 Å². The Morgan fingerprint density at radius 1 is 1.33 bits per heavy atom. The summed E-state index contributed by atoms with van der Waals surface area (Å²) >= 11 is 12.5. The van der Waals surface area contributed by atoms with Gasteiger partial charge in [0.1, 0.15) is 11.5 Å². The van der Waals surface area contributed by atoms with Crippen molar-refractivity contribution in [3.63, 3.8) is 0 Å². The fraction of sp³-hybridized carbons (Fsp3) is 0.400. The van der Waals surface area contributed by atoms with Crippen LogP contribution in [-0.2, 0) is 6.42 Å². The van der Waals surface area contributed by atoms with Gasteiger partial charge >= 0.3 is 0 Å². The summed E-state index contributed by atoms with van der Waals surface area (Å²) in [5.74, 6) is 0.527. The zero-order chi connectivity index (χ0) is 17.0. The van der Waals surface area contributed by atoms with Gasteiger partial charge in [-0.1, -0.05) is 36.2 Å². The van der Waals surface area contributed by atoms with E-state index in [0.717, 1.165) is 0 Å². The van der Waals surface area contributed by atoms with Crippen LogP contribution in [0.3, 0.4) is 0 Å². The van der Waals surface area contributed by atoms with Crippen LogP contribution >= 0.6 is 35.6 Å². The molecule has 1 heterocycles. The van der Waals surface area contributed by atoms with Gasteiger partial charge in [-0.2, -0.15) is 0 Å². The van der Waals surface area contributed by atoms with Crippen LogP contribution < -0.4 is 5.32 Å². The molecule has 0 saturated carbocycles. The highest BCUT2D eigenvalue weighted by atomic mass is 35.5. The first kappa shape index (κ1) is 20.7. The number of halogens is 3. The number of aromatic nitrogens is 3. The summed E-state index contributed by atoms with van der Waals surface area (Å²) in [6.45, 7) is 3.20. The zero-order valence-corrected chi connectivity index (χ0v) is 16.0. The number of amides is 1. The van der Waals surface area contributed by atoms with E-state index in [1.165, 1.54) is 0 Å². The van der Waals surface area contributed by atoms with Crippen LogP contribution in [0.1, 0.15) is 23.4 Å². The molecule has 9 heteroatoms. The van der Waals surface area contributed by atoms with Crippen LogP contribution in [-0.4, -0.2) is 52.8 Å². The predicted molar refractivity (Wildman–Crippen MR) is 98.9 cm³/mol. The number of carbonyl (C=O) groups is 1. The number of carbonyl (C=O) groups excluding carboxylic acids is 1. The molecule has 0 aliphatic carbocycles. The van der Waals surface area contributed by atoms with Crippen molar-refractivity contribution >= 4 is 41.5 Å². The molecule has 0 aliphatic rings. The Morgan fingerprint density at radius 2 is 1.96 bits per heavy atom. The Morgan fingerprint density at radius 3 is 2.50 bits per heavy atom. The number of hydrogen-bond donors (Lipinski definition) is 1. The van der Waals surface area contributed by atoms with Crippen molar-refractivity contribution in [1.29, 1.82) is 0 Å². The van der Waals surface area contributed by atoms with E-state index in [1.807, 2.05) is 14.0 Å². The maximum atomic E-state index is 12.4. The second kappa shape index (κ2) is 9.22. The van der Waals surface area contributed by atoms with E-state index >= 15 is 0 Å². The van der Waals surface area contributed by atoms with Gasteiger partial charge in [-0.3, -0.25) is 4.79 Å². The molecule has 0 unspecified atom stereocenters. The third-order valence-electron chi connectivity index (χ3n) is 3.37. The van der Waals surface area contributed by atoms with Gasteiger partial charge in [0.05, 0.1) is 10.0 Å². The number of nitrogens with one attached hydrogen (secondary N) is 1. The topological polar surface area (TPSA) is 63.1 Å². The van der Waals surface area contributed by atoms with E-state index in [9.17, 15) is 4.79 Å². The molecule has 0 radical (unpaired) electrons. The smallest absolute Gasteiger partial charge is 0.293 e. The van der Waals surface area contributed by atoms with Gasteiger partial charge in [-0.05, 0) is 19.2 Å². The summed E-state index contributed by atoms with van der Waals surface area (Å²) in [7, 11) is 3.55. The number of nitrogens with zero attached hydrogens (tertiary/aromatic N) is 4. The minimum atomic E-state index is -0.239. The maximum absolute atomic E-state index is 12.4. The molecule has 0 bridgehead atoms. The Hall–Kier alpha value is -1.34. The molecule has 0 fully saturated rings. The number of aryl methyl sites for hydroxylation is 1. The number of para-hydroxylation sites is 1. The summed E-state index contributed by atoms with van der Waals surface area (Å²) in [5, 5.41) is 8.24. The molecule has 1 N–H and O–H groups in total. The van der Waals surface area contributed by atoms with Crippen LogP contribution in [0, 0.1) is 0 Å². The lowest BCUT2D eigenvalue weighted by Crippen LogP contribution is -2.33. The number of likely N-dealkylation sites (N-methyl/N-ethyl adjacent to an activating group) is 2. The number of hydrogen-bond acceptors (Lipinski definition) is 4. The molecule has 0 aliphatic heterocycles. The minimum Gasteiger partial charge on any atom is -0.338 e. The molecule has 0 atom stereocenters. The Balaban J connectivity index is 0.00000288. The average molecular weight is 393 g/mol. The maximum Gasteiger partial charge on any atom is 0.293 e.